The topological polar surface area (TPSA) is 44.5 Å². The molecule has 2 aromatic rings. The van der Waals surface area contributed by atoms with E-state index < -0.39 is 35.6 Å². The van der Waals surface area contributed by atoms with Crippen LogP contribution in [0.25, 0.3) is 0 Å². The van der Waals surface area contributed by atoms with Crippen LogP contribution in [0.15, 0.2) is 24.3 Å². The summed E-state index contributed by atoms with van der Waals surface area (Å²) in [5.74, 6) is -4.76. The Kier molecular flexibility index (Phi) is 4.21. The molecule has 0 aliphatic carbocycles. The average Bonchev–Trinajstić information content (AvgIpc) is 2.45. The van der Waals surface area contributed by atoms with Crippen molar-refractivity contribution in [1.82, 2.24) is 0 Å². The van der Waals surface area contributed by atoms with E-state index in [1.807, 2.05) is 0 Å². The monoisotopic (exact) mass is 301 g/mol. The largest absolute Gasteiger partial charge is 0.493 e. The van der Waals surface area contributed by atoms with Crippen molar-refractivity contribution in [2.24, 2.45) is 0 Å². The number of ether oxygens (including phenoxy) is 2. The molecule has 3 nitrogen and oxygen atoms in total. The molecule has 0 saturated heterocycles. The minimum absolute atomic E-state index is 0.0515. The molecule has 2 N–H and O–H groups in total. The first-order chi connectivity index (χ1) is 9.93. The lowest BCUT2D eigenvalue weighted by atomic mass is 10.2. The molecule has 0 aromatic heterocycles. The number of nitrogens with two attached hydrogens (primary N) is 1. The Balaban J connectivity index is 2.28. The molecule has 7 heteroatoms. The van der Waals surface area contributed by atoms with Crippen LogP contribution < -0.4 is 15.2 Å². The van der Waals surface area contributed by atoms with Gasteiger partial charge in [-0.3, -0.25) is 0 Å². The van der Waals surface area contributed by atoms with E-state index >= 15 is 0 Å². The van der Waals surface area contributed by atoms with Crippen LogP contribution >= 0.6 is 0 Å². The number of halogens is 4. The average molecular weight is 301 g/mol. The van der Waals surface area contributed by atoms with Gasteiger partial charge in [-0.05, 0) is 18.2 Å². The summed E-state index contributed by atoms with van der Waals surface area (Å²) in [6.07, 6.45) is 0. The summed E-state index contributed by atoms with van der Waals surface area (Å²) in [4.78, 5) is 0. The lowest BCUT2D eigenvalue weighted by Crippen LogP contribution is -2.05. The Labute approximate surface area is 117 Å². The molecule has 0 fully saturated rings. The highest BCUT2D eigenvalue weighted by atomic mass is 19.2. The molecule has 0 radical (unpaired) electrons. The van der Waals surface area contributed by atoms with Gasteiger partial charge >= 0.3 is 0 Å². The summed E-state index contributed by atoms with van der Waals surface area (Å²) in [5.41, 5.74) is 4.94. The molecular weight excluding hydrogens is 290 g/mol. The molecule has 0 atom stereocenters. The highest BCUT2D eigenvalue weighted by Crippen LogP contribution is 2.32. The van der Waals surface area contributed by atoms with Crippen molar-refractivity contribution in [3.8, 4) is 11.5 Å². The fourth-order valence-corrected chi connectivity index (χ4v) is 1.68. The zero-order valence-electron chi connectivity index (χ0n) is 10.9. The number of nitrogen functional groups attached to an aromatic ring is 1. The standard InChI is InChI=1S/C14H11F4NO2/c1-20-12-3-2-8(15)13(18)14(12)21-6-7-4-11(19)10(17)5-9(7)16/h2-5H,6,19H2,1H3. The van der Waals surface area contributed by atoms with E-state index in [0.29, 0.717) is 6.07 Å². The Bertz CT molecular complexity index is 677. The Morgan fingerprint density at radius 3 is 2.38 bits per heavy atom. The van der Waals surface area contributed by atoms with Gasteiger partial charge in [-0.1, -0.05) is 0 Å². The van der Waals surface area contributed by atoms with Gasteiger partial charge in [0.05, 0.1) is 12.8 Å². The van der Waals surface area contributed by atoms with E-state index in [2.05, 4.69) is 0 Å². The number of hydrogen-bond acceptors (Lipinski definition) is 3. The predicted molar refractivity (Wildman–Crippen MR) is 68.0 cm³/mol. The van der Waals surface area contributed by atoms with Crippen molar-refractivity contribution in [3.63, 3.8) is 0 Å². The van der Waals surface area contributed by atoms with Crippen LogP contribution in [0.3, 0.4) is 0 Å². The molecule has 0 heterocycles. The second-order valence-electron chi connectivity index (χ2n) is 4.15. The molecule has 0 unspecified atom stereocenters. The van der Waals surface area contributed by atoms with Crippen LogP contribution in [0.5, 0.6) is 11.5 Å². The van der Waals surface area contributed by atoms with Gasteiger partial charge in [0.2, 0.25) is 11.6 Å². The van der Waals surface area contributed by atoms with Crippen molar-refractivity contribution in [2.75, 3.05) is 12.8 Å². The van der Waals surface area contributed by atoms with Gasteiger partial charge in [0.1, 0.15) is 18.2 Å². The lowest BCUT2D eigenvalue weighted by molar-refractivity contribution is 0.260. The Morgan fingerprint density at radius 2 is 1.71 bits per heavy atom. The molecule has 0 saturated carbocycles. The number of methoxy groups -OCH3 is 1. The third-order valence-corrected chi connectivity index (χ3v) is 2.77. The molecule has 112 valence electrons. The van der Waals surface area contributed by atoms with E-state index in [-0.39, 0.29) is 17.0 Å². The first-order valence-corrected chi connectivity index (χ1v) is 5.82. The molecule has 0 bridgehead atoms. The molecule has 0 spiro atoms. The Morgan fingerprint density at radius 1 is 1.00 bits per heavy atom. The summed E-state index contributed by atoms with van der Waals surface area (Å²) in [6.45, 7) is -0.465. The van der Waals surface area contributed by atoms with Crippen molar-refractivity contribution in [1.29, 1.82) is 0 Å². The van der Waals surface area contributed by atoms with E-state index in [0.717, 1.165) is 12.1 Å². The summed E-state index contributed by atoms with van der Waals surface area (Å²) in [6, 6.07) is 3.65. The molecule has 0 aliphatic rings. The minimum atomic E-state index is -1.26. The lowest BCUT2D eigenvalue weighted by Gasteiger charge is -2.12. The zero-order chi connectivity index (χ0) is 15.6. The van der Waals surface area contributed by atoms with E-state index in [9.17, 15) is 17.6 Å². The maximum atomic E-state index is 13.6. The first kappa shape index (κ1) is 15.0. The molecule has 2 aromatic carbocycles. The van der Waals surface area contributed by atoms with Crippen molar-refractivity contribution in [2.45, 2.75) is 6.61 Å². The molecule has 21 heavy (non-hydrogen) atoms. The van der Waals surface area contributed by atoms with Gasteiger partial charge in [0.25, 0.3) is 0 Å². The summed E-state index contributed by atoms with van der Waals surface area (Å²) in [5, 5.41) is 0. The maximum Gasteiger partial charge on any atom is 0.204 e. The van der Waals surface area contributed by atoms with Crippen molar-refractivity contribution in [3.05, 3.63) is 53.1 Å². The summed E-state index contributed by atoms with van der Waals surface area (Å²) in [7, 11) is 1.25. The van der Waals surface area contributed by atoms with Crippen LogP contribution in [0.1, 0.15) is 5.56 Å². The van der Waals surface area contributed by atoms with Gasteiger partial charge in [0.15, 0.2) is 11.6 Å². The molecular formula is C14H11F4NO2. The fourth-order valence-electron chi connectivity index (χ4n) is 1.68. The smallest absolute Gasteiger partial charge is 0.204 e. The Hall–Kier alpha value is -2.44. The predicted octanol–water partition coefficient (Wildman–Crippen LogP) is 3.41. The third kappa shape index (κ3) is 3.01. The minimum Gasteiger partial charge on any atom is -0.493 e. The normalized spacial score (nSPS) is 10.5. The van der Waals surface area contributed by atoms with E-state index in [1.54, 1.807) is 0 Å². The fraction of sp³-hybridized carbons (Fsp3) is 0.143. The van der Waals surface area contributed by atoms with E-state index in [4.69, 9.17) is 15.2 Å². The number of anilines is 1. The highest BCUT2D eigenvalue weighted by molar-refractivity contribution is 5.44. The quantitative estimate of drug-likeness (QED) is 0.695. The van der Waals surface area contributed by atoms with Crippen LogP contribution in [-0.2, 0) is 6.61 Å². The number of benzene rings is 2. The second kappa shape index (κ2) is 5.90. The summed E-state index contributed by atoms with van der Waals surface area (Å²) < 4.78 is 63.2. The van der Waals surface area contributed by atoms with Gasteiger partial charge in [0, 0.05) is 11.6 Å². The molecule has 0 amide bonds. The van der Waals surface area contributed by atoms with Crippen LogP contribution in [0.2, 0.25) is 0 Å². The van der Waals surface area contributed by atoms with Crippen molar-refractivity contribution < 1.29 is 27.0 Å². The van der Waals surface area contributed by atoms with Crippen LogP contribution in [0, 0.1) is 23.3 Å². The van der Waals surface area contributed by atoms with Gasteiger partial charge < -0.3 is 15.2 Å². The van der Waals surface area contributed by atoms with E-state index in [1.165, 1.54) is 13.2 Å². The SMILES string of the molecule is COc1ccc(F)c(F)c1OCc1cc(N)c(F)cc1F. The second-order valence-corrected chi connectivity index (χ2v) is 4.15. The van der Waals surface area contributed by atoms with Crippen molar-refractivity contribution >= 4 is 5.69 Å². The highest BCUT2D eigenvalue weighted by Gasteiger charge is 2.17. The molecule has 0 aliphatic heterocycles. The van der Waals surface area contributed by atoms with Gasteiger partial charge in [-0.2, -0.15) is 4.39 Å². The third-order valence-electron chi connectivity index (χ3n) is 2.77. The molecule has 2 rings (SSSR count). The van der Waals surface area contributed by atoms with Gasteiger partial charge in [-0.15, -0.1) is 0 Å². The van der Waals surface area contributed by atoms with Crippen LogP contribution in [0.4, 0.5) is 23.2 Å². The van der Waals surface area contributed by atoms with Gasteiger partial charge in [-0.25, -0.2) is 13.2 Å². The van der Waals surface area contributed by atoms with Crippen LogP contribution in [-0.4, -0.2) is 7.11 Å². The number of rotatable bonds is 4. The first-order valence-electron chi connectivity index (χ1n) is 5.82. The summed E-state index contributed by atoms with van der Waals surface area (Å²) >= 11 is 0. The zero-order valence-corrected chi connectivity index (χ0v) is 10.9. The maximum absolute atomic E-state index is 13.6. The number of hydrogen-bond donors (Lipinski definition) is 1.